The van der Waals surface area contributed by atoms with Crippen molar-refractivity contribution < 1.29 is 4.79 Å². The summed E-state index contributed by atoms with van der Waals surface area (Å²) in [6, 6.07) is 25.3. The Morgan fingerprint density at radius 1 is 0.944 bits per heavy atom. The second-order valence-electron chi connectivity index (χ2n) is 9.05. The number of aromatic nitrogens is 2. The maximum absolute atomic E-state index is 13.1. The molecule has 182 valence electrons. The van der Waals surface area contributed by atoms with Crippen LogP contribution >= 0.6 is 12.2 Å². The second kappa shape index (κ2) is 9.95. The Hall–Kier alpha value is -3.97. The first-order valence-corrected chi connectivity index (χ1v) is 12.4. The second-order valence-corrected chi connectivity index (χ2v) is 9.44. The highest BCUT2D eigenvalue weighted by molar-refractivity contribution is 7.80. The van der Waals surface area contributed by atoms with Gasteiger partial charge in [-0.25, -0.2) is 0 Å². The van der Waals surface area contributed by atoms with Crippen LogP contribution in [0, 0.1) is 20.8 Å². The van der Waals surface area contributed by atoms with Gasteiger partial charge in [0.05, 0.1) is 17.8 Å². The topological polar surface area (TPSA) is 62.2 Å². The lowest BCUT2D eigenvalue weighted by molar-refractivity contribution is -0.116. The van der Waals surface area contributed by atoms with Crippen molar-refractivity contribution in [2.75, 3.05) is 11.9 Å². The standard InChI is InChI=1S/C29H29N5OS/c1-19-20(2)34(23-14-8-5-9-15-23)21(3)26(19)28-27(24-16-10-11-17-30-24)32-29(36)33(28)18-25(35)31-22-12-6-4-7-13-22/h4-17,27-28H,18H2,1-3H3,(H,31,35)(H,32,36). The Bertz CT molecular complexity index is 1390. The minimum Gasteiger partial charge on any atom is -0.352 e. The minimum atomic E-state index is -0.197. The first-order valence-electron chi connectivity index (χ1n) is 12.0. The zero-order chi connectivity index (χ0) is 25.2. The van der Waals surface area contributed by atoms with Crippen LogP contribution in [-0.4, -0.2) is 32.0 Å². The molecule has 6 nitrogen and oxygen atoms in total. The molecule has 2 atom stereocenters. The van der Waals surface area contributed by atoms with E-state index in [-0.39, 0.29) is 24.5 Å². The molecule has 4 aromatic rings. The van der Waals surface area contributed by atoms with E-state index >= 15 is 0 Å². The van der Waals surface area contributed by atoms with E-state index in [9.17, 15) is 4.79 Å². The molecule has 0 bridgehead atoms. The molecule has 1 amide bonds. The monoisotopic (exact) mass is 495 g/mol. The summed E-state index contributed by atoms with van der Waals surface area (Å²) in [6.07, 6.45) is 1.79. The van der Waals surface area contributed by atoms with Crippen LogP contribution in [0.2, 0.25) is 0 Å². The van der Waals surface area contributed by atoms with Crippen LogP contribution in [0.4, 0.5) is 5.69 Å². The third-order valence-electron chi connectivity index (χ3n) is 6.89. The van der Waals surface area contributed by atoms with Crippen LogP contribution in [-0.2, 0) is 4.79 Å². The van der Waals surface area contributed by atoms with Gasteiger partial charge in [-0.3, -0.25) is 9.78 Å². The lowest BCUT2D eigenvalue weighted by Gasteiger charge is -2.28. The molecule has 0 spiro atoms. The molecule has 2 aromatic carbocycles. The van der Waals surface area contributed by atoms with Crippen LogP contribution in [0.5, 0.6) is 0 Å². The van der Waals surface area contributed by atoms with Gasteiger partial charge in [-0.15, -0.1) is 0 Å². The van der Waals surface area contributed by atoms with E-state index < -0.39 is 0 Å². The third-order valence-corrected chi connectivity index (χ3v) is 7.24. The molecule has 1 aliphatic rings. The number of amides is 1. The van der Waals surface area contributed by atoms with Crippen molar-refractivity contribution in [1.29, 1.82) is 0 Å². The summed E-state index contributed by atoms with van der Waals surface area (Å²) in [6.45, 7) is 6.56. The molecule has 2 N–H and O–H groups in total. The van der Waals surface area contributed by atoms with E-state index in [0.717, 1.165) is 28.3 Å². The first kappa shape index (κ1) is 23.8. The predicted octanol–water partition coefficient (Wildman–Crippen LogP) is 5.41. The van der Waals surface area contributed by atoms with Gasteiger partial charge in [0.1, 0.15) is 6.54 Å². The van der Waals surface area contributed by atoms with Gasteiger partial charge in [-0.1, -0.05) is 42.5 Å². The fraction of sp³-hybridized carbons (Fsp3) is 0.207. The quantitative estimate of drug-likeness (QED) is 0.350. The van der Waals surface area contributed by atoms with Gasteiger partial charge < -0.3 is 20.1 Å². The Kier molecular flexibility index (Phi) is 6.57. The van der Waals surface area contributed by atoms with Gasteiger partial charge in [-0.05, 0) is 75.0 Å². The Labute approximate surface area is 217 Å². The number of para-hydroxylation sites is 2. The van der Waals surface area contributed by atoms with Crippen LogP contribution in [0.15, 0.2) is 85.1 Å². The highest BCUT2D eigenvalue weighted by Gasteiger charge is 2.43. The number of pyridine rings is 1. The fourth-order valence-corrected chi connectivity index (χ4v) is 5.48. The van der Waals surface area contributed by atoms with Gasteiger partial charge in [-0.2, -0.15) is 0 Å². The summed E-state index contributed by atoms with van der Waals surface area (Å²) < 4.78 is 2.28. The number of benzene rings is 2. The molecule has 3 heterocycles. The van der Waals surface area contributed by atoms with Crippen LogP contribution in [0.25, 0.3) is 5.69 Å². The van der Waals surface area contributed by atoms with Crippen molar-refractivity contribution in [3.63, 3.8) is 0 Å². The number of hydrogen-bond donors (Lipinski definition) is 2. The number of nitrogens with one attached hydrogen (secondary N) is 2. The van der Waals surface area contributed by atoms with Gasteiger partial charge in [0, 0.05) is 34.5 Å². The van der Waals surface area contributed by atoms with Crippen LogP contribution < -0.4 is 10.6 Å². The summed E-state index contributed by atoms with van der Waals surface area (Å²) in [4.78, 5) is 19.8. The number of carbonyl (C=O) groups is 1. The summed E-state index contributed by atoms with van der Waals surface area (Å²) in [5, 5.41) is 7.01. The summed E-state index contributed by atoms with van der Waals surface area (Å²) in [5.41, 5.74) is 7.39. The van der Waals surface area contributed by atoms with Crippen molar-refractivity contribution in [3.05, 3.63) is 113 Å². The SMILES string of the molecule is Cc1c(C2C(c3ccccn3)NC(=S)N2CC(=O)Nc2ccccc2)c(C)n(-c2ccccc2)c1C. The molecular weight excluding hydrogens is 466 g/mol. The largest absolute Gasteiger partial charge is 0.352 e. The zero-order valence-corrected chi connectivity index (χ0v) is 21.4. The zero-order valence-electron chi connectivity index (χ0n) is 20.6. The Morgan fingerprint density at radius 3 is 2.28 bits per heavy atom. The molecule has 5 rings (SSSR count). The normalized spacial score (nSPS) is 17.2. The van der Waals surface area contributed by atoms with Crippen molar-refractivity contribution in [3.8, 4) is 5.69 Å². The molecular formula is C29H29N5OS. The molecule has 0 aliphatic carbocycles. The van der Waals surface area contributed by atoms with Gasteiger partial charge in [0.15, 0.2) is 5.11 Å². The van der Waals surface area contributed by atoms with Gasteiger partial charge >= 0.3 is 0 Å². The number of nitrogens with zero attached hydrogens (tertiary/aromatic N) is 3. The molecule has 36 heavy (non-hydrogen) atoms. The third kappa shape index (κ3) is 4.38. The first-order chi connectivity index (χ1) is 17.5. The predicted molar refractivity (Wildman–Crippen MR) is 147 cm³/mol. The summed E-state index contributed by atoms with van der Waals surface area (Å²) >= 11 is 5.80. The highest BCUT2D eigenvalue weighted by Crippen LogP contribution is 2.43. The maximum atomic E-state index is 13.1. The van der Waals surface area contributed by atoms with E-state index in [2.05, 4.69) is 53.1 Å². The number of hydrogen-bond acceptors (Lipinski definition) is 3. The molecule has 2 unspecified atom stereocenters. The molecule has 2 aromatic heterocycles. The van der Waals surface area contributed by atoms with Crippen molar-refractivity contribution >= 4 is 28.9 Å². The molecule has 1 fully saturated rings. The average Bonchev–Trinajstić information content (AvgIpc) is 3.32. The van der Waals surface area contributed by atoms with E-state index in [0.29, 0.717) is 5.11 Å². The number of anilines is 1. The average molecular weight is 496 g/mol. The summed E-state index contributed by atoms with van der Waals surface area (Å²) in [7, 11) is 0. The maximum Gasteiger partial charge on any atom is 0.244 e. The molecule has 1 aliphatic heterocycles. The molecule has 7 heteroatoms. The van der Waals surface area contributed by atoms with E-state index in [1.54, 1.807) is 6.20 Å². The van der Waals surface area contributed by atoms with E-state index in [1.165, 1.54) is 11.3 Å². The van der Waals surface area contributed by atoms with Crippen molar-refractivity contribution in [1.82, 2.24) is 19.8 Å². The van der Waals surface area contributed by atoms with Crippen molar-refractivity contribution in [2.45, 2.75) is 32.9 Å². The smallest absolute Gasteiger partial charge is 0.244 e. The molecule has 0 saturated carbocycles. The minimum absolute atomic E-state index is 0.119. The van der Waals surface area contributed by atoms with Crippen molar-refractivity contribution in [2.24, 2.45) is 0 Å². The highest BCUT2D eigenvalue weighted by atomic mass is 32.1. The Balaban J connectivity index is 1.58. The lowest BCUT2D eigenvalue weighted by atomic mass is 9.93. The Morgan fingerprint density at radius 2 is 1.61 bits per heavy atom. The number of rotatable bonds is 6. The molecule has 0 radical (unpaired) electrons. The van der Waals surface area contributed by atoms with E-state index in [4.69, 9.17) is 12.2 Å². The van der Waals surface area contributed by atoms with Gasteiger partial charge in [0.25, 0.3) is 0 Å². The van der Waals surface area contributed by atoms with Crippen LogP contribution in [0.3, 0.4) is 0 Å². The lowest BCUT2D eigenvalue weighted by Crippen LogP contribution is -2.37. The fourth-order valence-electron chi connectivity index (χ4n) is 5.17. The van der Waals surface area contributed by atoms with Gasteiger partial charge in [0.2, 0.25) is 5.91 Å². The van der Waals surface area contributed by atoms with E-state index in [1.807, 2.05) is 71.6 Å². The summed E-state index contributed by atoms with van der Waals surface area (Å²) in [5.74, 6) is -0.119. The number of carbonyl (C=O) groups excluding carboxylic acids is 1. The number of thiocarbonyl (C=S) groups is 1. The molecule has 1 saturated heterocycles. The van der Waals surface area contributed by atoms with Crippen LogP contribution in [0.1, 0.15) is 40.3 Å².